The molecule has 5 nitrogen and oxygen atoms in total. The monoisotopic (exact) mass is 234 g/mol. The number of aromatic nitrogens is 2. The Morgan fingerprint density at radius 2 is 2.24 bits per heavy atom. The number of carbonyl (C=O) groups is 1. The summed E-state index contributed by atoms with van der Waals surface area (Å²) in [4.78, 5) is 19.6. The molecule has 0 spiro atoms. The lowest BCUT2D eigenvalue weighted by molar-refractivity contribution is 0.0984. The molecule has 92 valence electrons. The van der Waals surface area contributed by atoms with E-state index in [1.807, 2.05) is 0 Å². The molecule has 0 saturated carbocycles. The van der Waals surface area contributed by atoms with Crippen LogP contribution in [0.25, 0.3) is 0 Å². The van der Waals surface area contributed by atoms with E-state index in [4.69, 9.17) is 0 Å². The number of nitrogens with one attached hydrogen (secondary N) is 2. The molecule has 1 aromatic rings. The second-order valence-electron chi connectivity index (χ2n) is 4.34. The normalized spacial score (nSPS) is 16.9. The SMILES string of the molecule is O=C(CNCC1CCNCC1)c1cnccn1. The van der Waals surface area contributed by atoms with Crippen molar-refractivity contribution >= 4 is 5.78 Å². The molecule has 1 saturated heterocycles. The summed E-state index contributed by atoms with van der Waals surface area (Å²) in [5.41, 5.74) is 0.435. The van der Waals surface area contributed by atoms with Gasteiger partial charge in [0.25, 0.3) is 0 Å². The average Bonchev–Trinajstić information content (AvgIpc) is 2.41. The second-order valence-corrected chi connectivity index (χ2v) is 4.34. The number of rotatable bonds is 5. The first-order valence-electron chi connectivity index (χ1n) is 6.07. The van der Waals surface area contributed by atoms with Gasteiger partial charge in [-0.15, -0.1) is 0 Å². The molecule has 1 aliphatic rings. The van der Waals surface area contributed by atoms with Gasteiger partial charge in [0, 0.05) is 12.4 Å². The van der Waals surface area contributed by atoms with Crippen molar-refractivity contribution in [2.24, 2.45) is 5.92 Å². The van der Waals surface area contributed by atoms with Crippen LogP contribution in [0.5, 0.6) is 0 Å². The van der Waals surface area contributed by atoms with Gasteiger partial charge < -0.3 is 10.6 Å². The van der Waals surface area contributed by atoms with E-state index in [1.54, 1.807) is 12.4 Å². The first kappa shape index (κ1) is 12.1. The van der Waals surface area contributed by atoms with E-state index in [2.05, 4.69) is 20.6 Å². The molecule has 2 heterocycles. The van der Waals surface area contributed by atoms with Crippen molar-refractivity contribution in [3.05, 3.63) is 24.3 Å². The third-order valence-electron chi connectivity index (χ3n) is 3.03. The smallest absolute Gasteiger partial charge is 0.196 e. The van der Waals surface area contributed by atoms with Gasteiger partial charge in [0.15, 0.2) is 5.78 Å². The molecule has 17 heavy (non-hydrogen) atoms. The van der Waals surface area contributed by atoms with E-state index in [0.29, 0.717) is 18.2 Å². The fraction of sp³-hybridized carbons (Fsp3) is 0.583. The fourth-order valence-corrected chi connectivity index (χ4v) is 2.01. The molecular formula is C12H18N4O. The number of hydrogen-bond acceptors (Lipinski definition) is 5. The Morgan fingerprint density at radius 3 is 2.94 bits per heavy atom. The minimum Gasteiger partial charge on any atom is -0.317 e. The second kappa shape index (κ2) is 6.42. The van der Waals surface area contributed by atoms with E-state index in [9.17, 15) is 4.79 Å². The summed E-state index contributed by atoms with van der Waals surface area (Å²) in [5, 5.41) is 6.54. The molecule has 2 rings (SSSR count). The molecule has 0 aromatic carbocycles. The zero-order chi connectivity index (χ0) is 11.9. The van der Waals surface area contributed by atoms with Gasteiger partial charge >= 0.3 is 0 Å². The van der Waals surface area contributed by atoms with Gasteiger partial charge in [0.1, 0.15) is 5.69 Å². The Labute approximate surface area is 101 Å². The van der Waals surface area contributed by atoms with Crippen LogP contribution in [0.15, 0.2) is 18.6 Å². The van der Waals surface area contributed by atoms with Crippen LogP contribution in [-0.2, 0) is 0 Å². The molecule has 0 radical (unpaired) electrons. The van der Waals surface area contributed by atoms with Gasteiger partial charge in [-0.1, -0.05) is 0 Å². The van der Waals surface area contributed by atoms with Crippen molar-refractivity contribution in [1.82, 2.24) is 20.6 Å². The largest absolute Gasteiger partial charge is 0.317 e. The van der Waals surface area contributed by atoms with E-state index in [-0.39, 0.29) is 5.78 Å². The topological polar surface area (TPSA) is 66.9 Å². The van der Waals surface area contributed by atoms with Gasteiger partial charge in [-0.05, 0) is 38.4 Å². The number of nitrogens with zero attached hydrogens (tertiary/aromatic N) is 2. The number of carbonyl (C=O) groups excluding carboxylic acids is 1. The Hall–Kier alpha value is -1.33. The Morgan fingerprint density at radius 1 is 1.41 bits per heavy atom. The Kier molecular flexibility index (Phi) is 4.58. The van der Waals surface area contributed by atoms with Crippen LogP contribution in [0.4, 0.5) is 0 Å². The first-order valence-corrected chi connectivity index (χ1v) is 6.07. The lowest BCUT2D eigenvalue weighted by Gasteiger charge is -2.22. The molecule has 1 fully saturated rings. The molecule has 0 aliphatic carbocycles. The van der Waals surface area contributed by atoms with E-state index in [1.165, 1.54) is 19.0 Å². The predicted molar refractivity (Wildman–Crippen MR) is 64.8 cm³/mol. The van der Waals surface area contributed by atoms with Crippen LogP contribution in [0.3, 0.4) is 0 Å². The van der Waals surface area contributed by atoms with Crippen molar-refractivity contribution in [1.29, 1.82) is 0 Å². The quantitative estimate of drug-likeness (QED) is 0.715. The Balaban J connectivity index is 1.69. The summed E-state index contributed by atoms with van der Waals surface area (Å²) in [6.45, 7) is 3.44. The van der Waals surface area contributed by atoms with Crippen LogP contribution >= 0.6 is 0 Å². The van der Waals surface area contributed by atoms with Crippen LogP contribution in [0.2, 0.25) is 0 Å². The highest BCUT2D eigenvalue weighted by atomic mass is 16.1. The first-order chi connectivity index (χ1) is 8.36. The molecule has 0 amide bonds. The zero-order valence-electron chi connectivity index (χ0n) is 9.85. The highest BCUT2D eigenvalue weighted by Gasteiger charge is 2.13. The molecule has 5 heteroatoms. The molecule has 0 bridgehead atoms. The number of Topliss-reactive ketones (excluding diaryl/α,β-unsaturated/α-hetero) is 1. The van der Waals surface area contributed by atoms with E-state index in [0.717, 1.165) is 19.6 Å². The van der Waals surface area contributed by atoms with Gasteiger partial charge in [-0.2, -0.15) is 0 Å². The highest BCUT2D eigenvalue weighted by molar-refractivity contribution is 5.95. The van der Waals surface area contributed by atoms with Crippen molar-refractivity contribution in [2.45, 2.75) is 12.8 Å². The maximum Gasteiger partial charge on any atom is 0.196 e. The van der Waals surface area contributed by atoms with Crippen LogP contribution in [-0.4, -0.2) is 41.9 Å². The summed E-state index contributed by atoms with van der Waals surface area (Å²) >= 11 is 0. The molecule has 1 aliphatic heterocycles. The van der Waals surface area contributed by atoms with Crippen molar-refractivity contribution < 1.29 is 4.79 Å². The predicted octanol–water partition coefficient (Wildman–Crippen LogP) is 0.248. The van der Waals surface area contributed by atoms with Crippen LogP contribution in [0.1, 0.15) is 23.3 Å². The maximum absolute atomic E-state index is 11.7. The fourth-order valence-electron chi connectivity index (χ4n) is 2.01. The van der Waals surface area contributed by atoms with Crippen molar-refractivity contribution in [3.8, 4) is 0 Å². The number of hydrogen-bond donors (Lipinski definition) is 2. The summed E-state index contributed by atoms with van der Waals surface area (Å²) < 4.78 is 0. The standard InChI is InChI=1S/C12H18N4O/c17-12(11-8-14-5-6-16-11)9-15-7-10-1-3-13-4-2-10/h5-6,8,10,13,15H,1-4,7,9H2. The minimum absolute atomic E-state index is 0.00651. The van der Waals surface area contributed by atoms with Crippen molar-refractivity contribution in [3.63, 3.8) is 0 Å². The summed E-state index contributed by atoms with van der Waals surface area (Å²) in [5.74, 6) is 0.693. The molecule has 0 unspecified atom stereocenters. The summed E-state index contributed by atoms with van der Waals surface area (Å²) in [7, 11) is 0. The lowest BCUT2D eigenvalue weighted by Crippen LogP contribution is -2.35. The molecule has 2 N–H and O–H groups in total. The molecule has 0 atom stereocenters. The molecular weight excluding hydrogens is 216 g/mol. The highest BCUT2D eigenvalue weighted by Crippen LogP contribution is 2.09. The average molecular weight is 234 g/mol. The van der Waals surface area contributed by atoms with E-state index >= 15 is 0 Å². The van der Waals surface area contributed by atoms with Gasteiger partial charge in [-0.25, -0.2) is 4.98 Å². The van der Waals surface area contributed by atoms with Gasteiger partial charge in [0.2, 0.25) is 0 Å². The van der Waals surface area contributed by atoms with Gasteiger partial charge in [-0.3, -0.25) is 9.78 Å². The van der Waals surface area contributed by atoms with E-state index < -0.39 is 0 Å². The van der Waals surface area contributed by atoms with Crippen LogP contribution in [0, 0.1) is 5.92 Å². The third kappa shape index (κ3) is 3.87. The lowest BCUT2D eigenvalue weighted by atomic mass is 9.98. The van der Waals surface area contributed by atoms with Crippen molar-refractivity contribution in [2.75, 3.05) is 26.2 Å². The minimum atomic E-state index is 0.00651. The van der Waals surface area contributed by atoms with Crippen LogP contribution < -0.4 is 10.6 Å². The van der Waals surface area contributed by atoms with Gasteiger partial charge in [0.05, 0.1) is 12.7 Å². The third-order valence-corrected chi connectivity index (χ3v) is 3.03. The zero-order valence-corrected chi connectivity index (χ0v) is 9.85. The summed E-state index contributed by atoms with van der Waals surface area (Å²) in [6, 6.07) is 0. The molecule has 1 aromatic heterocycles. The number of piperidine rings is 1. The Bertz CT molecular complexity index is 349. The maximum atomic E-state index is 11.7. The number of ketones is 1. The summed E-state index contributed by atoms with van der Waals surface area (Å²) in [6.07, 6.45) is 6.99.